The van der Waals surface area contributed by atoms with Gasteiger partial charge in [-0.1, -0.05) is 59.1 Å². The van der Waals surface area contributed by atoms with Crippen LogP contribution in [0, 0.1) is 0 Å². The lowest BCUT2D eigenvalue weighted by molar-refractivity contribution is -0.121. The van der Waals surface area contributed by atoms with Crippen LogP contribution in [0.15, 0.2) is 37.0 Å². The summed E-state index contributed by atoms with van der Waals surface area (Å²) >= 11 is 0. The van der Waals surface area contributed by atoms with Crippen molar-refractivity contribution in [3.8, 4) is 0 Å². The molecule has 0 bridgehead atoms. The fraction of sp³-hybridized carbons (Fsp3) is 0.467. The molecule has 3 amide bonds. The molecule has 4 heteroatoms. The van der Waals surface area contributed by atoms with Crippen molar-refractivity contribution in [2.24, 2.45) is 0 Å². The van der Waals surface area contributed by atoms with Crippen LogP contribution in [-0.4, -0.2) is 29.9 Å². The van der Waals surface area contributed by atoms with Gasteiger partial charge in [-0.25, -0.2) is 4.79 Å². The third kappa shape index (κ3) is 7.97. The van der Waals surface area contributed by atoms with Crippen molar-refractivity contribution in [3.63, 3.8) is 0 Å². The van der Waals surface area contributed by atoms with Crippen molar-refractivity contribution in [1.82, 2.24) is 10.2 Å². The van der Waals surface area contributed by atoms with E-state index in [2.05, 4.69) is 18.5 Å². The fourth-order valence-electron chi connectivity index (χ4n) is 1.31. The molecule has 1 aliphatic rings. The lowest BCUT2D eigenvalue weighted by atomic mass is 10.2. The molecule has 0 aromatic rings. The van der Waals surface area contributed by atoms with Gasteiger partial charge < -0.3 is 4.90 Å². The van der Waals surface area contributed by atoms with E-state index in [1.54, 1.807) is 23.1 Å². The van der Waals surface area contributed by atoms with Crippen LogP contribution in [0.1, 0.15) is 34.1 Å². The lowest BCUT2D eigenvalue weighted by Crippen LogP contribution is -2.49. The second-order valence-electron chi connectivity index (χ2n) is 3.21. The molecule has 4 nitrogen and oxygen atoms in total. The summed E-state index contributed by atoms with van der Waals surface area (Å²) in [7, 11) is 0. The van der Waals surface area contributed by atoms with Crippen LogP contribution in [0.3, 0.4) is 0 Å². The zero-order valence-electron chi connectivity index (χ0n) is 12.5. The number of allylic oxidation sites excluding steroid dienone is 2. The van der Waals surface area contributed by atoms with Crippen LogP contribution < -0.4 is 5.32 Å². The first kappa shape index (κ1) is 19.5. The number of carbonyl (C=O) groups excluding carboxylic acids is 2. The normalized spacial score (nSPS) is 14.3. The molecule has 1 rings (SSSR count). The van der Waals surface area contributed by atoms with Gasteiger partial charge in [0.25, 0.3) is 0 Å². The minimum Gasteiger partial charge on any atom is -0.320 e. The van der Waals surface area contributed by atoms with E-state index in [4.69, 9.17) is 0 Å². The maximum Gasteiger partial charge on any atom is 0.324 e. The molecule has 0 atom stereocenters. The average Bonchev–Trinajstić information content (AvgIpc) is 2.45. The van der Waals surface area contributed by atoms with E-state index in [0.29, 0.717) is 19.5 Å². The van der Waals surface area contributed by atoms with Gasteiger partial charge in [-0.15, -0.1) is 0 Å². The van der Waals surface area contributed by atoms with Crippen LogP contribution in [0.2, 0.25) is 0 Å². The van der Waals surface area contributed by atoms with Gasteiger partial charge in [0.15, 0.2) is 0 Å². The van der Waals surface area contributed by atoms with Crippen LogP contribution in [-0.2, 0) is 4.79 Å². The molecular formula is C15H26N2O2. The van der Waals surface area contributed by atoms with Crippen LogP contribution in [0.25, 0.3) is 0 Å². The molecule has 1 aliphatic heterocycles. The highest BCUT2D eigenvalue weighted by Gasteiger charge is 2.22. The van der Waals surface area contributed by atoms with Crippen molar-refractivity contribution in [1.29, 1.82) is 0 Å². The Hall–Kier alpha value is -1.84. The van der Waals surface area contributed by atoms with Gasteiger partial charge in [0.05, 0.1) is 0 Å². The molecule has 1 fully saturated rings. The Morgan fingerprint density at radius 3 is 2.26 bits per heavy atom. The zero-order chi connectivity index (χ0) is 15.3. The van der Waals surface area contributed by atoms with E-state index < -0.39 is 0 Å². The number of imide groups is 1. The summed E-state index contributed by atoms with van der Waals surface area (Å²) in [6.07, 6.45) is 5.45. The number of urea groups is 1. The molecule has 0 radical (unpaired) electrons. The summed E-state index contributed by atoms with van der Waals surface area (Å²) in [4.78, 5) is 23.8. The third-order valence-electron chi connectivity index (χ3n) is 2.11. The number of amides is 3. The Morgan fingerprint density at radius 2 is 1.84 bits per heavy atom. The molecule has 19 heavy (non-hydrogen) atoms. The van der Waals surface area contributed by atoms with E-state index in [9.17, 15) is 9.59 Å². The number of carbonyl (C=O) groups is 2. The molecule has 1 N–H and O–H groups in total. The van der Waals surface area contributed by atoms with Crippen molar-refractivity contribution < 1.29 is 9.59 Å². The molecule has 0 unspecified atom stereocenters. The van der Waals surface area contributed by atoms with Gasteiger partial charge in [0.1, 0.15) is 0 Å². The van der Waals surface area contributed by atoms with Gasteiger partial charge in [-0.2, -0.15) is 0 Å². The third-order valence-corrected chi connectivity index (χ3v) is 2.11. The lowest BCUT2D eigenvalue weighted by Gasteiger charge is -2.26. The second kappa shape index (κ2) is 12.6. The Bertz CT molecular complexity index is 333. The monoisotopic (exact) mass is 266 g/mol. The predicted molar refractivity (Wildman–Crippen MR) is 80.9 cm³/mol. The summed E-state index contributed by atoms with van der Waals surface area (Å²) in [5.74, 6) is -0.218. The summed E-state index contributed by atoms with van der Waals surface area (Å²) in [6.45, 7) is 16.1. The number of nitrogens with zero attached hydrogens (tertiary/aromatic N) is 1. The molecule has 1 heterocycles. The maximum atomic E-state index is 11.4. The quantitative estimate of drug-likeness (QED) is 0.794. The Balaban J connectivity index is 0. The van der Waals surface area contributed by atoms with Crippen molar-refractivity contribution in [3.05, 3.63) is 37.0 Å². The van der Waals surface area contributed by atoms with Crippen LogP contribution >= 0.6 is 0 Å². The molecular weight excluding hydrogens is 240 g/mol. The van der Waals surface area contributed by atoms with E-state index >= 15 is 0 Å². The van der Waals surface area contributed by atoms with Gasteiger partial charge in [0.2, 0.25) is 5.91 Å². The summed E-state index contributed by atoms with van der Waals surface area (Å²) < 4.78 is 0. The van der Waals surface area contributed by atoms with Crippen molar-refractivity contribution >= 4 is 11.9 Å². The van der Waals surface area contributed by atoms with Crippen molar-refractivity contribution in [2.45, 2.75) is 34.1 Å². The highest BCUT2D eigenvalue weighted by atomic mass is 16.2. The molecule has 0 aromatic heterocycles. The van der Waals surface area contributed by atoms with Gasteiger partial charge in [-0.05, 0) is 5.57 Å². The minimum absolute atomic E-state index is 0.218. The van der Waals surface area contributed by atoms with Gasteiger partial charge in [0, 0.05) is 19.5 Å². The van der Waals surface area contributed by atoms with Crippen LogP contribution in [0.5, 0.6) is 0 Å². The maximum absolute atomic E-state index is 11.4. The van der Waals surface area contributed by atoms with E-state index in [-0.39, 0.29) is 11.9 Å². The van der Waals surface area contributed by atoms with E-state index in [0.717, 1.165) is 5.57 Å². The molecule has 1 saturated heterocycles. The minimum atomic E-state index is -0.344. The van der Waals surface area contributed by atoms with Gasteiger partial charge >= 0.3 is 6.03 Å². The fourth-order valence-corrected chi connectivity index (χ4v) is 1.31. The first-order valence-corrected chi connectivity index (χ1v) is 6.70. The molecule has 0 aromatic carbocycles. The number of nitrogens with one attached hydrogen (secondary N) is 1. The first-order valence-electron chi connectivity index (χ1n) is 6.70. The SMILES string of the molecule is C=C/C=C(\C=C)CN1CCC(=O)NC1=O.CC.CC. The molecule has 108 valence electrons. The van der Waals surface area contributed by atoms with Gasteiger partial charge in [-0.3, -0.25) is 10.1 Å². The largest absolute Gasteiger partial charge is 0.324 e. The zero-order valence-corrected chi connectivity index (χ0v) is 12.5. The smallest absolute Gasteiger partial charge is 0.320 e. The second-order valence-corrected chi connectivity index (χ2v) is 3.21. The Morgan fingerprint density at radius 1 is 1.26 bits per heavy atom. The Kier molecular flexibility index (Phi) is 12.9. The molecule has 0 spiro atoms. The molecule has 0 aliphatic carbocycles. The first-order chi connectivity index (χ1) is 9.17. The average molecular weight is 266 g/mol. The topological polar surface area (TPSA) is 49.4 Å². The van der Waals surface area contributed by atoms with Crippen molar-refractivity contribution in [2.75, 3.05) is 13.1 Å². The van der Waals surface area contributed by atoms with Crippen LogP contribution in [0.4, 0.5) is 4.79 Å². The summed E-state index contributed by atoms with van der Waals surface area (Å²) in [5.41, 5.74) is 0.898. The number of rotatable bonds is 4. The highest BCUT2D eigenvalue weighted by molar-refractivity contribution is 5.96. The highest BCUT2D eigenvalue weighted by Crippen LogP contribution is 2.06. The number of hydrogen-bond donors (Lipinski definition) is 1. The van der Waals surface area contributed by atoms with E-state index in [1.165, 1.54) is 0 Å². The molecule has 0 saturated carbocycles. The standard InChI is InChI=1S/C11H14N2O2.2C2H6/c1-3-5-9(4-2)8-13-7-6-10(14)12-11(13)15;2*1-2/h3-5H,1-2,6-8H2,(H,12,14,15);2*1-2H3/b9-5+;;. The summed E-state index contributed by atoms with van der Waals surface area (Å²) in [5, 5.41) is 2.26. The van der Waals surface area contributed by atoms with E-state index in [1.807, 2.05) is 27.7 Å². The summed E-state index contributed by atoms with van der Waals surface area (Å²) in [6, 6.07) is -0.344. The predicted octanol–water partition coefficient (Wildman–Crippen LogP) is 3.28. The Labute approximate surface area is 116 Å². The number of hydrogen-bond acceptors (Lipinski definition) is 2.